The number of carbonyl (C=O) groups excluding carboxylic acids is 3. The number of phenolic OH excluding ortho intramolecular Hbond substituents is 2. The molecule has 1 heterocycles. The molecule has 1 aliphatic carbocycles. The molecular formula is C41H27N3O15S2Y-2. The fourth-order valence-corrected chi connectivity index (χ4v) is 6.61. The molecule has 7 rings (SSSR count). The molecule has 18 nitrogen and oxygen atoms in total. The third kappa shape index (κ3) is 11.2. The van der Waals surface area contributed by atoms with Crippen LogP contribution in [-0.4, -0.2) is 64.9 Å². The molecule has 1 aliphatic heterocycles. The molecule has 62 heavy (non-hydrogen) atoms. The van der Waals surface area contributed by atoms with Gasteiger partial charge in [-0.25, -0.2) is 4.79 Å². The van der Waals surface area contributed by atoms with E-state index in [0.29, 0.717) is 27.7 Å². The number of carboxylic acids is 1. The van der Waals surface area contributed by atoms with Gasteiger partial charge in [-0.15, -0.1) is 35.4 Å². The number of nitrogens with one attached hydrogen (secondary N) is 1. The Hall–Kier alpha value is -6.97. The first-order valence-electron chi connectivity index (χ1n) is 16.9. The van der Waals surface area contributed by atoms with Gasteiger partial charge in [0.05, 0.1) is 23.2 Å². The average Bonchev–Trinajstić information content (AvgIpc) is 3.18. The van der Waals surface area contributed by atoms with Crippen LogP contribution < -0.4 is 10.7 Å². The molecule has 1 amide bonds. The third-order valence-corrected chi connectivity index (χ3v) is 9.30. The number of aromatic hydroxyl groups is 2. The Bertz CT molecular complexity index is 3200. The molecule has 0 spiro atoms. The van der Waals surface area contributed by atoms with Crippen LogP contribution >= 0.6 is 0 Å². The Morgan fingerprint density at radius 2 is 1.52 bits per heavy atom. The molecule has 5 aromatic rings. The number of Topliss-reactive ketones (excluding diaryl/α,β-unsaturated/α-hetero) is 1. The zero-order chi connectivity index (χ0) is 44.8. The quantitative estimate of drug-likeness (QED) is 0.0352. The van der Waals surface area contributed by atoms with E-state index in [9.17, 15) is 52.3 Å². The second-order valence-corrected chi connectivity index (χ2v) is 14.3. The second-order valence-electron chi connectivity index (χ2n) is 12.5. The number of carbonyl (C=O) groups is 3. The Morgan fingerprint density at radius 1 is 0.855 bits per heavy atom. The van der Waals surface area contributed by atoms with Crippen molar-refractivity contribution in [1.82, 2.24) is 0 Å². The maximum Gasteiger partial charge on any atom is 0.425 e. The number of ketones is 1. The van der Waals surface area contributed by atoms with Crippen molar-refractivity contribution in [3.05, 3.63) is 137 Å². The SMILES string of the molecule is CC(=O)Nc1cccc2cc(S(=O)(=O)O)c(N=Nc3ccc([C-]=O)cc3)c(O)c12.O=S(=O)=O.[CH2-]C(=O)c1ccc(-c2c3ccc(=O)cc-3oc3cc(O)ccc23)c(C(=O)O)c1.[Y]. The number of nitrogens with zero attached hydrogens (tertiary/aromatic N) is 2. The van der Waals surface area contributed by atoms with Gasteiger partial charge in [-0.2, -0.15) is 38.2 Å². The summed E-state index contributed by atoms with van der Waals surface area (Å²) in [4.78, 5) is 56.7. The van der Waals surface area contributed by atoms with Crippen LogP contribution in [0.1, 0.15) is 33.2 Å². The van der Waals surface area contributed by atoms with Crippen molar-refractivity contribution < 1.29 is 97.2 Å². The van der Waals surface area contributed by atoms with Crippen LogP contribution in [-0.2, 0) is 63.0 Å². The molecule has 313 valence electrons. The van der Waals surface area contributed by atoms with E-state index < -0.39 is 54.7 Å². The summed E-state index contributed by atoms with van der Waals surface area (Å²) in [6.45, 7) is 4.60. The molecule has 21 heteroatoms. The van der Waals surface area contributed by atoms with Crippen molar-refractivity contribution in [3.8, 4) is 33.9 Å². The van der Waals surface area contributed by atoms with Crippen LogP contribution in [0.3, 0.4) is 0 Å². The predicted molar refractivity (Wildman–Crippen MR) is 218 cm³/mol. The number of carboxylic acid groups (broad SMARTS) is 1. The number of fused-ring (bicyclic) bond motifs is 3. The maximum atomic E-state index is 11.9. The van der Waals surface area contributed by atoms with Crippen LogP contribution in [0.25, 0.3) is 44.2 Å². The second kappa shape index (κ2) is 20.1. The number of benzene rings is 6. The summed E-state index contributed by atoms with van der Waals surface area (Å²) in [5.74, 6) is -2.45. The van der Waals surface area contributed by atoms with Crippen molar-refractivity contribution in [2.24, 2.45) is 10.2 Å². The molecule has 1 radical (unpaired) electrons. The maximum absolute atomic E-state index is 11.9. The van der Waals surface area contributed by atoms with Crippen molar-refractivity contribution in [2.45, 2.75) is 11.8 Å². The Balaban J connectivity index is 0.000000247. The van der Waals surface area contributed by atoms with E-state index in [2.05, 4.69) is 22.5 Å². The number of aromatic carboxylic acids is 1. The molecule has 0 atom stereocenters. The molecule has 0 aromatic heterocycles. The third-order valence-electron chi connectivity index (χ3n) is 8.44. The van der Waals surface area contributed by atoms with Crippen molar-refractivity contribution in [1.29, 1.82) is 0 Å². The van der Waals surface area contributed by atoms with E-state index in [1.54, 1.807) is 24.5 Å². The summed E-state index contributed by atoms with van der Waals surface area (Å²) in [5.41, 5.74) is 1.83. The van der Waals surface area contributed by atoms with Gasteiger partial charge >= 0.3 is 16.6 Å². The van der Waals surface area contributed by atoms with Crippen molar-refractivity contribution in [3.63, 3.8) is 0 Å². The number of phenols is 2. The molecule has 5 N–H and O–H groups in total. The first-order chi connectivity index (χ1) is 28.8. The Labute approximate surface area is 376 Å². The van der Waals surface area contributed by atoms with Gasteiger partial charge in [0.15, 0.2) is 11.2 Å². The molecular weight excluding hydrogens is 927 g/mol. The van der Waals surface area contributed by atoms with E-state index in [-0.39, 0.29) is 88.5 Å². The fourth-order valence-electron chi connectivity index (χ4n) is 5.95. The summed E-state index contributed by atoms with van der Waals surface area (Å²) in [6.07, 6.45) is 1.70. The summed E-state index contributed by atoms with van der Waals surface area (Å²) in [6, 6.07) is 24.4. The van der Waals surface area contributed by atoms with Crippen LogP contribution in [0.5, 0.6) is 11.5 Å². The summed E-state index contributed by atoms with van der Waals surface area (Å²) >= 11 is 0. The first-order valence-corrected chi connectivity index (χ1v) is 19.4. The number of hydrogen-bond acceptors (Lipinski definition) is 15. The van der Waals surface area contributed by atoms with E-state index in [4.69, 9.17) is 17.0 Å². The largest absolute Gasteiger partial charge is 0.508 e. The summed E-state index contributed by atoms with van der Waals surface area (Å²) in [7, 11) is -7.86. The first kappa shape index (κ1) is 47.7. The Kier molecular flexibility index (Phi) is 15.4. The van der Waals surface area contributed by atoms with Crippen molar-refractivity contribution in [2.75, 3.05) is 5.32 Å². The zero-order valence-corrected chi connectivity index (χ0v) is 36.1. The van der Waals surface area contributed by atoms with Crippen molar-refractivity contribution >= 4 is 83.5 Å². The molecule has 2 aliphatic rings. The van der Waals surface area contributed by atoms with Gasteiger partial charge in [-0.3, -0.25) is 14.1 Å². The monoisotopic (exact) mass is 954 g/mol. The van der Waals surface area contributed by atoms with Gasteiger partial charge < -0.3 is 34.6 Å². The summed E-state index contributed by atoms with van der Waals surface area (Å²) in [5, 5.41) is 41.4. The van der Waals surface area contributed by atoms with Crippen LogP contribution in [0.15, 0.2) is 127 Å². The topological polar surface area (TPSA) is 302 Å². The smallest absolute Gasteiger partial charge is 0.425 e. The van der Waals surface area contributed by atoms with Gasteiger partial charge in [-0.05, 0) is 47.3 Å². The Morgan fingerprint density at radius 3 is 2.11 bits per heavy atom. The minimum Gasteiger partial charge on any atom is -0.508 e. The summed E-state index contributed by atoms with van der Waals surface area (Å²) < 4.78 is 64.3. The number of anilines is 1. The zero-order valence-electron chi connectivity index (χ0n) is 31.6. The van der Waals surface area contributed by atoms with Gasteiger partial charge in [0.2, 0.25) is 5.91 Å². The van der Waals surface area contributed by atoms with E-state index in [1.165, 1.54) is 85.8 Å². The average molecular weight is 955 g/mol. The van der Waals surface area contributed by atoms with E-state index >= 15 is 0 Å². The normalized spacial score (nSPS) is 10.8. The molecule has 0 unspecified atom stereocenters. The van der Waals surface area contributed by atoms with E-state index in [0.717, 1.165) is 6.07 Å². The number of hydrogen-bond donors (Lipinski definition) is 5. The number of azo groups is 1. The van der Waals surface area contributed by atoms with Gasteiger partial charge in [0.1, 0.15) is 27.7 Å². The van der Waals surface area contributed by atoms with Crippen LogP contribution in [0.2, 0.25) is 0 Å². The van der Waals surface area contributed by atoms with Gasteiger partial charge in [-0.1, -0.05) is 30.3 Å². The predicted octanol–water partition coefficient (Wildman–Crippen LogP) is 6.60. The van der Waals surface area contributed by atoms with Crippen LogP contribution in [0, 0.1) is 6.92 Å². The molecule has 0 saturated carbocycles. The molecule has 5 aromatic carbocycles. The number of rotatable bonds is 8. The van der Waals surface area contributed by atoms with Gasteiger partial charge in [0, 0.05) is 79.4 Å². The van der Waals surface area contributed by atoms with Gasteiger partial charge in [0.25, 0.3) is 10.1 Å². The standard InChI is InChI=1S/C22H13O6.C19H14N3O6S.O3S.Y/c1-11(23)12-2-5-15(18(8-12)22(26)27)21-16-6-3-13(24)9-19(16)28-20-10-14(25)4-7-17(20)21;1-11(24)20-15-4-2-3-13-9-16(29(26,27)28)18(19(25)17(13)15)22-21-14-7-5-12(10-23)6-8-14;1-4(2)3;/h2-10,24H,1H2,(H,26,27);2-9,25H,1H3,(H,20,24)(H,26,27,28);;/q2*-1;;. The molecule has 0 saturated heterocycles. The minimum absolute atomic E-state index is 0. The minimum atomic E-state index is -4.75. The molecule has 0 bridgehead atoms. The molecule has 0 fully saturated rings. The van der Waals surface area contributed by atoms with E-state index in [1.807, 2.05) is 0 Å². The number of amides is 1. The fraction of sp³-hybridized carbons (Fsp3) is 0.0244. The van der Waals surface area contributed by atoms with Crippen LogP contribution in [0.4, 0.5) is 17.1 Å².